The zero-order chi connectivity index (χ0) is 11.5. The van der Waals surface area contributed by atoms with E-state index in [-0.39, 0.29) is 0 Å². The van der Waals surface area contributed by atoms with Gasteiger partial charge in [-0.05, 0) is 29.2 Å². The van der Waals surface area contributed by atoms with E-state index >= 15 is 0 Å². The van der Waals surface area contributed by atoms with Gasteiger partial charge in [0.2, 0.25) is 0 Å². The Labute approximate surface area is 101 Å². The van der Waals surface area contributed by atoms with Gasteiger partial charge in [0, 0.05) is 17.4 Å². The first-order valence-corrected chi connectivity index (χ1v) is 5.80. The maximum absolute atomic E-state index is 6.15. The summed E-state index contributed by atoms with van der Waals surface area (Å²) in [5, 5.41) is 5.04. The molecule has 1 heterocycles. The lowest BCUT2D eigenvalue weighted by molar-refractivity contribution is 0.685. The van der Waals surface area contributed by atoms with E-state index in [9.17, 15) is 0 Å². The van der Waals surface area contributed by atoms with Crippen molar-refractivity contribution in [1.82, 2.24) is 9.78 Å². The summed E-state index contributed by atoms with van der Waals surface area (Å²) < 4.78 is 1.91. The van der Waals surface area contributed by atoms with Crippen LogP contribution in [0.3, 0.4) is 0 Å². The maximum Gasteiger partial charge on any atom is 0.0659 e. The Kier molecular flexibility index (Phi) is 3.30. The summed E-state index contributed by atoms with van der Waals surface area (Å²) in [5.41, 5.74) is 2.43. The van der Waals surface area contributed by atoms with E-state index in [1.54, 1.807) is 6.20 Å². The summed E-state index contributed by atoms with van der Waals surface area (Å²) in [7, 11) is 0. The second-order valence-electron chi connectivity index (χ2n) is 4.21. The van der Waals surface area contributed by atoms with E-state index in [0.717, 1.165) is 11.6 Å². The molecule has 0 saturated carbocycles. The number of rotatable bonds is 3. The lowest BCUT2D eigenvalue weighted by atomic mass is 10.0. The minimum absolute atomic E-state index is 0.449. The van der Waals surface area contributed by atoms with Crippen molar-refractivity contribution in [3.8, 4) is 0 Å². The average Bonchev–Trinajstić information content (AvgIpc) is 2.73. The van der Waals surface area contributed by atoms with Crippen molar-refractivity contribution < 1.29 is 0 Å². The van der Waals surface area contributed by atoms with E-state index in [0.29, 0.717) is 5.92 Å². The van der Waals surface area contributed by atoms with E-state index in [4.69, 9.17) is 11.6 Å². The smallest absolute Gasteiger partial charge is 0.0659 e. The van der Waals surface area contributed by atoms with Gasteiger partial charge in [-0.1, -0.05) is 37.6 Å². The molecule has 0 amide bonds. The van der Waals surface area contributed by atoms with E-state index < -0.39 is 0 Å². The Bertz CT molecular complexity index is 461. The standard InChI is InChI=1S/C13H15ClN2/c1-10(2)12-8-11(4-5-13(12)14)9-16-7-3-6-15-16/h3-8,10H,9H2,1-2H3. The summed E-state index contributed by atoms with van der Waals surface area (Å²) in [6.07, 6.45) is 3.75. The Hall–Kier alpha value is -1.28. The van der Waals surface area contributed by atoms with Crippen molar-refractivity contribution in [3.63, 3.8) is 0 Å². The van der Waals surface area contributed by atoms with Crippen molar-refractivity contribution in [2.45, 2.75) is 26.3 Å². The van der Waals surface area contributed by atoms with Gasteiger partial charge in [0.15, 0.2) is 0 Å². The highest BCUT2D eigenvalue weighted by Crippen LogP contribution is 2.25. The molecule has 0 bridgehead atoms. The van der Waals surface area contributed by atoms with Crippen LogP contribution >= 0.6 is 11.6 Å². The Balaban J connectivity index is 2.26. The molecule has 0 radical (unpaired) electrons. The fourth-order valence-corrected chi connectivity index (χ4v) is 2.05. The van der Waals surface area contributed by atoms with Crippen LogP contribution in [0.25, 0.3) is 0 Å². The van der Waals surface area contributed by atoms with Crippen LogP contribution in [0.1, 0.15) is 30.9 Å². The molecule has 0 aliphatic rings. The molecule has 1 aromatic carbocycles. The number of halogens is 1. The van der Waals surface area contributed by atoms with Crippen LogP contribution in [0, 0.1) is 0 Å². The van der Waals surface area contributed by atoms with Crippen LogP contribution in [0.4, 0.5) is 0 Å². The number of benzene rings is 1. The third kappa shape index (κ3) is 2.45. The molecule has 0 spiro atoms. The molecule has 3 heteroatoms. The van der Waals surface area contributed by atoms with E-state index in [1.807, 2.05) is 23.0 Å². The minimum Gasteiger partial charge on any atom is -0.268 e. The number of hydrogen-bond acceptors (Lipinski definition) is 1. The topological polar surface area (TPSA) is 17.8 Å². The Morgan fingerprint density at radius 2 is 2.19 bits per heavy atom. The molecule has 2 nitrogen and oxygen atoms in total. The molecule has 0 unspecified atom stereocenters. The molecule has 0 N–H and O–H groups in total. The second-order valence-corrected chi connectivity index (χ2v) is 4.62. The van der Waals surface area contributed by atoms with Crippen molar-refractivity contribution in [1.29, 1.82) is 0 Å². The number of nitrogens with zero attached hydrogens (tertiary/aromatic N) is 2. The summed E-state index contributed by atoms with van der Waals surface area (Å²) in [4.78, 5) is 0. The molecule has 0 aliphatic carbocycles. The van der Waals surface area contributed by atoms with E-state index in [2.05, 4.69) is 31.1 Å². The first-order chi connectivity index (χ1) is 7.66. The SMILES string of the molecule is CC(C)c1cc(Cn2cccn2)ccc1Cl. The molecule has 2 aromatic rings. The zero-order valence-electron chi connectivity index (χ0n) is 9.52. The molecule has 1 aromatic heterocycles. The highest BCUT2D eigenvalue weighted by atomic mass is 35.5. The predicted octanol–water partition coefficient (Wildman–Crippen LogP) is 3.71. The van der Waals surface area contributed by atoms with Crippen molar-refractivity contribution in [3.05, 3.63) is 52.8 Å². The van der Waals surface area contributed by atoms with Gasteiger partial charge in [0.05, 0.1) is 6.54 Å². The van der Waals surface area contributed by atoms with Crippen molar-refractivity contribution in [2.75, 3.05) is 0 Å². The van der Waals surface area contributed by atoms with Gasteiger partial charge >= 0.3 is 0 Å². The second kappa shape index (κ2) is 4.71. The summed E-state index contributed by atoms with van der Waals surface area (Å²) >= 11 is 6.15. The molecule has 84 valence electrons. The van der Waals surface area contributed by atoms with Gasteiger partial charge in [0.25, 0.3) is 0 Å². The largest absolute Gasteiger partial charge is 0.268 e. The summed E-state index contributed by atoms with van der Waals surface area (Å²) in [6, 6.07) is 8.11. The molecular weight excluding hydrogens is 220 g/mol. The predicted molar refractivity (Wildman–Crippen MR) is 66.9 cm³/mol. The minimum atomic E-state index is 0.449. The molecule has 2 rings (SSSR count). The van der Waals surface area contributed by atoms with Gasteiger partial charge in [-0.3, -0.25) is 4.68 Å². The molecule has 0 fully saturated rings. The first kappa shape index (κ1) is 11.2. The van der Waals surface area contributed by atoms with Crippen LogP contribution in [0.15, 0.2) is 36.7 Å². The fraction of sp³-hybridized carbons (Fsp3) is 0.308. The zero-order valence-corrected chi connectivity index (χ0v) is 10.3. The van der Waals surface area contributed by atoms with Crippen LogP contribution in [-0.2, 0) is 6.54 Å². The fourth-order valence-electron chi connectivity index (χ4n) is 1.72. The van der Waals surface area contributed by atoms with Gasteiger partial charge < -0.3 is 0 Å². The van der Waals surface area contributed by atoms with Gasteiger partial charge in [0.1, 0.15) is 0 Å². The number of aromatic nitrogens is 2. The van der Waals surface area contributed by atoms with Gasteiger partial charge in [-0.15, -0.1) is 0 Å². The van der Waals surface area contributed by atoms with Crippen LogP contribution in [-0.4, -0.2) is 9.78 Å². The van der Waals surface area contributed by atoms with Crippen LogP contribution in [0.5, 0.6) is 0 Å². The average molecular weight is 235 g/mol. The molecule has 0 atom stereocenters. The summed E-state index contributed by atoms with van der Waals surface area (Å²) in [6.45, 7) is 5.10. The van der Waals surface area contributed by atoms with Gasteiger partial charge in [-0.25, -0.2) is 0 Å². The Morgan fingerprint density at radius 3 is 2.81 bits per heavy atom. The third-order valence-electron chi connectivity index (χ3n) is 2.59. The quantitative estimate of drug-likeness (QED) is 0.792. The van der Waals surface area contributed by atoms with E-state index in [1.165, 1.54) is 11.1 Å². The third-order valence-corrected chi connectivity index (χ3v) is 2.93. The van der Waals surface area contributed by atoms with Crippen LogP contribution < -0.4 is 0 Å². The lowest BCUT2D eigenvalue weighted by Crippen LogP contribution is -2.01. The maximum atomic E-state index is 6.15. The van der Waals surface area contributed by atoms with Gasteiger partial charge in [-0.2, -0.15) is 5.10 Å². The summed E-state index contributed by atoms with van der Waals surface area (Å²) in [5.74, 6) is 0.449. The molecular formula is C13H15ClN2. The monoisotopic (exact) mass is 234 g/mol. The lowest BCUT2D eigenvalue weighted by Gasteiger charge is -2.10. The first-order valence-electron chi connectivity index (χ1n) is 5.42. The molecule has 0 aliphatic heterocycles. The highest BCUT2D eigenvalue weighted by Gasteiger charge is 2.06. The van der Waals surface area contributed by atoms with Crippen molar-refractivity contribution in [2.24, 2.45) is 0 Å². The normalized spacial score (nSPS) is 11.0. The Morgan fingerprint density at radius 1 is 1.38 bits per heavy atom. The molecule has 0 saturated heterocycles. The number of hydrogen-bond donors (Lipinski definition) is 0. The molecule has 16 heavy (non-hydrogen) atoms. The highest BCUT2D eigenvalue weighted by molar-refractivity contribution is 6.31. The van der Waals surface area contributed by atoms with Crippen LogP contribution in [0.2, 0.25) is 5.02 Å². The van der Waals surface area contributed by atoms with Crippen molar-refractivity contribution >= 4 is 11.6 Å².